The lowest BCUT2D eigenvalue weighted by Gasteiger charge is -2.12. The van der Waals surface area contributed by atoms with Crippen molar-refractivity contribution in [3.8, 4) is 0 Å². The van der Waals surface area contributed by atoms with E-state index in [0.717, 1.165) is 19.3 Å². The number of hydrogen-bond acceptors (Lipinski definition) is 6. The second-order valence-electron chi connectivity index (χ2n) is 5.05. The molecule has 0 saturated carbocycles. The van der Waals surface area contributed by atoms with Gasteiger partial charge in [0.25, 0.3) is 0 Å². The van der Waals surface area contributed by atoms with E-state index in [-0.39, 0.29) is 26.4 Å². The van der Waals surface area contributed by atoms with Crippen molar-refractivity contribution in [3.05, 3.63) is 0 Å². The first-order chi connectivity index (χ1) is 10.4. The van der Waals surface area contributed by atoms with Crippen molar-refractivity contribution in [3.63, 3.8) is 0 Å². The van der Waals surface area contributed by atoms with Crippen LogP contribution in [0.25, 0.3) is 0 Å². The molecule has 0 radical (unpaired) electrons. The maximum atomic E-state index is 11.3. The summed E-state index contributed by atoms with van der Waals surface area (Å²) in [6.45, 7) is 2.66. The highest BCUT2D eigenvalue weighted by Crippen LogP contribution is 2.41. The number of carbonyl (C=O) groups excluding carboxylic acids is 1. The Morgan fingerprint density at radius 2 is 1.91 bits per heavy atom. The molecule has 0 fully saturated rings. The molecule has 1 atom stereocenters. The summed E-state index contributed by atoms with van der Waals surface area (Å²) < 4.78 is 19.6. The molecule has 0 heterocycles. The van der Waals surface area contributed by atoms with E-state index in [1.54, 1.807) is 0 Å². The van der Waals surface area contributed by atoms with E-state index in [1.165, 1.54) is 7.11 Å². The Kier molecular flexibility index (Phi) is 13.1. The number of nitrogens with one attached hydrogen (secondary N) is 1. The van der Waals surface area contributed by atoms with Gasteiger partial charge in [0.1, 0.15) is 6.61 Å². The quantitative estimate of drug-likeness (QED) is 0.387. The lowest BCUT2D eigenvalue weighted by atomic mass is 10.1. The Balaban J connectivity index is 3.33. The van der Waals surface area contributed by atoms with Gasteiger partial charge in [-0.2, -0.15) is 0 Å². The smallest absolute Gasteiger partial charge is 0.407 e. The molecular weight excluding hydrogens is 329 g/mol. The third-order valence-electron chi connectivity index (χ3n) is 2.65. The van der Waals surface area contributed by atoms with Crippen LogP contribution < -0.4 is 5.32 Å². The molecule has 0 spiro atoms. The zero-order valence-corrected chi connectivity index (χ0v) is 15.3. The maximum Gasteiger partial charge on any atom is 0.407 e. The molecule has 0 aromatic rings. The van der Waals surface area contributed by atoms with Crippen LogP contribution >= 0.6 is 6.72 Å². The third kappa shape index (κ3) is 14.7. The van der Waals surface area contributed by atoms with Crippen molar-refractivity contribution in [2.45, 2.75) is 33.1 Å². The van der Waals surface area contributed by atoms with Crippen LogP contribution in [0.4, 0.5) is 4.79 Å². The Morgan fingerprint density at radius 1 is 1.23 bits per heavy atom. The van der Waals surface area contributed by atoms with Gasteiger partial charge in [0.2, 0.25) is 0 Å². The van der Waals surface area contributed by atoms with Gasteiger partial charge in [-0.25, -0.2) is 4.79 Å². The van der Waals surface area contributed by atoms with Gasteiger partial charge in [-0.3, -0.25) is 0 Å². The molecule has 0 aromatic carbocycles. The van der Waals surface area contributed by atoms with Gasteiger partial charge < -0.3 is 28.7 Å². The average molecular weight is 357 g/mol. The topological polar surface area (TPSA) is 86.2 Å². The van der Waals surface area contributed by atoms with Crippen LogP contribution in [0.1, 0.15) is 33.1 Å². The fraction of sp³-hybridized carbons (Fsp3) is 0.923. The number of ether oxygens (including phenoxy) is 2. The van der Waals surface area contributed by atoms with Crippen LogP contribution in [0.15, 0.2) is 0 Å². The van der Waals surface area contributed by atoms with Gasteiger partial charge in [-0.1, -0.05) is 26.7 Å². The van der Waals surface area contributed by atoms with E-state index in [2.05, 4.69) is 35.5 Å². The van der Waals surface area contributed by atoms with Crippen LogP contribution in [0.5, 0.6) is 0 Å². The summed E-state index contributed by atoms with van der Waals surface area (Å²) in [6, 6.07) is 0. The van der Waals surface area contributed by atoms with E-state index >= 15 is 0 Å². The van der Waals surface area contributed by atoms with E-state index in [0.29, 0.717) is 12.5 Å². The minimum Gasteiger partial charge on any atom is -0.447 e. The Labute approximate surface area is 137 Å². The summed E-state index contributed by atoms with van der Waals surface area (Å²) in [5, 5.41) is 2.69. The summed E-state index contributed by atoms with van der Waals surface area (Å²) in [5.41, 5.74) is 0. The summed E-state index contributed by atoms with van der Waals surface area (Å²) in [5.74, 6) is 0.691. The largest absolute Gasteiger partial charge is 0.447 e. The fourth-order valence-corrected chi connectivity index (χ4v) is 2.11. The van der Waals surface area contributed by atoms with Gasteiger partial charge in [-0.15, -0.1) is 0 Å². The number of carbonyl (C=O) groups is 1. The minimum atomic E-state index is -3.11. The van der Waals surface area contributed by atoms with Crippen LogP contribution in [-0.4, -0.2) is 51.1 Å². The number of unbranched alkanes of at least 4 members (excludes halogenated alkanes) is 1. The summed E-state index contributed by atoms with van der Waals surface area (Å²) in [4.78, 5) is 20.6. The number of alkyl carbamates (subject to hydrolysis) is 1. The molecule has 132 valence electrons. The normalized spacial score (nSPS) is 13.9. The molecule has 7 nitrogen and oxygen atoms in total. The van der Waals surface area contributed by atoms with Crippen molar-refractivity contribution in [2.75, 3.05) is 40.1 Å². The molecular formula is C13H28NO6PS. The van der Waals surface area contributed by atoms with Crippen LogP contribution in [0.2, 0.25) is 0 Å². The molecule has 1 amide bonds. The first-order valence-corrected chi connectivity index (χ1v) is 9.98. The lowest BCUT2D eigenvalue weighted by Crippen LogP contribution is -2.26. The first-order valence-electron chi connectivity index (χ1n) is 7.39. The molecule has 22 heavy (non-hydrogen) atoms. The van der Waals surface area contributed by atoms with Crippen molar-refractivity contribution in [1.29, 1.82) is 0 Å². The number of hydrogen-bond donors (Lipinski definition) is 2. The van der Waals surface area contributed by atoms with Crippen LogP contribution in [-0.2, 0) is 30.3 Å². The highest BCUT2D eigenvalue weighted by atomic mass is 32.5. The van der Waals surface area contributed by atoms with Gasteiger partial charge in [0.05, 0.1) is 19.8 Å². The SMILES string of the molecule is COP(O)(=S)OCCOCCOC(=O)NCCCCC(C)C. The molecule has 0 aliphatic carbocycles. The van der Waals surface area contributed by atoms with Crippen LogP contribution in [0, 0.1) is 5.92 Å². The second kappa shape index (κ2) is 13.2. The highest BCUT2D eigenvalue weighted by molar-refractivity contribution is 8.07. The predicted octanol–water partition coefficient (Wildman–Crippen LogP) is 2.44. The Bertz CT molecular complexity index is 342. The summed E-state index contributed by atoms with van der Waals surface area (Å²) >= 11 is 4.64. The highest BCUT2D eigenvalue weighted by Gasteiger charge is 2.11. The number of amides is 1. The molecule has 0 aromatic heterocycles. The minimum absolute atomic E-state index is 0.129. The second-order valence-corrected chi connectivity index (χ2v) is 7.99. The van der Waals surface area contributed by atoms with Crippen molar-refractivity contribution in [1.82, 2.24) is 5.32 Å². The molecule has 0 rings (SSSR count). The number of rotatable bonds is 13. The van der Waals surface area contributed by atoms with Gasteiger partial charge in [-0.05, 0) is 24.1 Å². The Morgan fingerprint density at radius 3 is 2.55 bits per heavy atom. The molecule has 9 heteroatoms. The molecule has 0 aliphatic rings. The zero-order valence-electron chi connectivity index (χ0n) is 13.6. The zero-order chi connectivity index (χ0) is 16.8. The van der Waals surface area contributed by atoms with Gasteiger partial charge in [0.15, 0.2) is 0 Å². The maximum absolute atomic E-state index is 11.3. The average Bonchev–Trinajstić information content (AvgIpc) is 2.45. The first kappa shape index (κ1) is 21.8. The fourth-order valence-electron chi connectivity index (χ4n) is 1.48. The van der Waals surface area contributed by atoms with Crippen LogP contribution in [0.3, 0.4) is 0 Å². The van der Waals surface area contributed by atoms with Crippen molar-refractivity contribution < 1.29 is 28.2 Å². The van der Waals surface area contributed by atoms with E-state index in [9.17, 15) is 9.69 Å². The standard InChI is InChI=1S/C13H28NO6PS/c1-12(2)6-4-5-7-14-13(15)19-10-8-18-9-11-20-21(16,22)17-3/h12H,4-11H2,1-3H3,(H,14,15)(H,16,22). The molecule has 0 bridgehead atoms. The van der Waals surface area contributed by atoms with E-state index in [1.807, 2.05) is 0 Å². The van der Waals surface area contributed by atoms with Crippen molar-refractivity contribution >= 4 is 24.6 Å². The molecule has 0 aliphatic heterocycles. The Hall–Kier alpha value is -0.240. The van der Waals surface area contributed by atoms with E-state index in [4.69, 9.17) is 14.0 Å². The van der Waals surface area contributed by atoms with Gasteiger partial charge >= 0.3 is 12.8 Å². The molecule has 0 saturated heterocycles. The summed E-state index contributed by atoms with van der Waals surface area (Å²) in [6.07, 6.45) is 2.78. The predicted molar refractivity (Wildman–Crippen MR) is 88.3 cm³/mol. The van der Waals surface area contributed by atoms with E-state index < -0.39 is 12.8 Å². The molecule has 2 N–H and O–H groups in total. The van der Waals surface area contributed by atoms with Crippen molar-refractivity contribution in [2.24, 2.45) is 5.92 Å². The lowest BCUT2D eigenvalue weighted by molar-refractivity contribution is 0.0546. The third-order valence-corrected chi connectivity index (χ3v) is 4.38. The summed E-state index contributed by atoms with van der Waals surface area (Å²) in [7, 11) is 1.29. The molecule has 1 unspecified atom stereocenters. The van der Waals surface area contributed by atoms with Gasteiger partial charge in [0, 0.05) is 13.7 Å². The monoisotopic (exact) mass is 357 g/mol.